The van der Waals surface area contributed by atoms with Gasteiger partial charge in [0.25, 0.3) is 0 Å². The van der Waals surface area contributed by atoms with E-state index < -0.39 is 0 Å². The second-order valence-corrected chi connectivity index (χ2v) is 6.93. The van der Waals surface area contributed by atoms with Gasteiger partial charge in [-0.2, -0.15) is 0 Å². The molecule has 6 nitrogen and oxygen atoms in total. The van der Waals surface area contributed by atoms with Crippen molar-refractivity contribution in [3.63, 3.8) is 0 Å². The first-order valence-electron chi connectivity index (χ1n) is 7.13. The van der Waals surface area contributed by atoms with Crippen LogP contribution in [0.4, 0.5) is 5.69 Å². The van der Waals surface area contributed by atoms with Gasteiger partial charge in [-0.25, -0.2) is 0 Å². The minimum atomic E-state index is -0.322. The highest BCUT2D eigenvalue weighted by Crippen LogP contribution is 2.28. The number of ether oxygens (including phenoxy) is 1. The summed E-state index contributed by atoms with van der Waals surface area (Å²) in [6.07, 6.45) is 1.67. The maximum absolute atomic E-state index is 12.3. The van der Waals surface area contributed by atoms with Crippen molar-refractivity contribution >= 4 is 35.0 Å². The molecule has 0 saturated heterocycles. The van der Waals surface area contributed by atoms with E-state index in [2.05, 4.69) is 15.5 Å². The first kappa shape index (κ1) is 17.6. The molecule has 2 rings (SSSR count). The molecule has 1 aromatic carbocycles. The quantitative estimate of drug-likeness (QED) is 0.802. The fraction of sp³-hybridized carbons (Fsp3) is 0.400. The van der Waals surface area contributed by atoms with Crippen LogP contribution in [0.5, 0.6) is 5.75 Å². The number of aromatic nitrogens is 3. The SMILES string of the molecule is COc1ccc(NC(=O)[C@H](C)Sc2nncn2C(C)C)cc1Cl. The lowest BCUT2D eigenvalue weighted by molar-refractivity contribution is -0.115. The van der Waals surface area contributed by atoms with Crippen LogP contribution < -0.4 is 10.1 Å². The molecule has 8 heteroatoms. The van der Waals surface area contributed by atoms with Crippen molar-refractivity contribution in [2.75, 3.05) is 12.4 Å². The Morgan fingerprint density at radius 3 is 2.74 bits per heavy atom. The summed E-state index contributed by atoms with van der Waals surface area (Å²) in [6.45, 7) is 5.90. The van der Waals surface area contributed by atoms with E-state index >= 15 is 0 Å². The molecular weight excluding hydrogens is 336 g/mol. The Kier molecular flexibility index (Phi) is 5.90. The van der Waals surface area contributed by atoms with Crippen molar-refractivity contribution < 1.29 is 9.53 Å². The monoisotopic (exact) mass is 354 g/mol. The van der Waals surface area contributed by atoms with Crippen LogP contribution in [0.3, 0.4) is 0 Å². The molecule has 1 atom stereocenters. The van der Waals surface area contributed by atoms with Crippen molar-refractivity contribution in [3.05, 3.63) is 29.5 Å². The number of thioether (sulfide) groups is 1. The van der Waals surface area contributed by atoms with Gasteiger partial charge in [0.1, 0.15) is 12.1 Å². The average molecular weight is 355 g/mol. The largest absolute Gasteiger partial charge is 0.495 e. The van der Waals surface area contributed by atoms with Gasteiger partial charge in [-0.1, -0.05) is 23.4 Å². The van der Waals surface area contributed by atoms with Gasteiger partial charge >= 0.3 is 0 Å². The number of benzene rings is 1. The molecule has 23 heavy (non-hydrogen) atoms. The predicted octanol–water partition coefficient (Wildman–Crippen LogP) is 3.64. The summed E-state index contributed by atoms with van der Waals surface area (Å²) in [5.41, 5.74) is 0.624. The number of anilines is 1. The van der Waals surface area contributed by atoms with E-state index in [9.17, 15) is 4.79 Å². The number of nitrogens with one attached hydrogen (secondary N) is 1. The zero-order valence-electron chi connectivity index (χ0n) is 13.4. The molecule has 1 N–H and O–H groups in total. The van der Waals surface area contributed by atoms with Gasteiger partial charge in [0, 0.05) is 11.7 Å². The third-order valence-electron chi connectivity index (χ3n) is 3.17. The van der Waals surface area contributed by atoms with Crippen LogP contribution in [0.15, 0.2) is 29.7 Å². The van der Waals surface area contributed by atoms with Crippen molar-refractivity contribution in [3.8, 4) is 5.75 Å². The topological polar surface area (TPSA) is 69.0 Å². The van der Waals surface area contributed by atoms with Crippen LogP contribution in [-0.2, 0) is 4.79 Å². The lowest BCUT2D eigenvalue weighted by atomic mass is 10.3. The molecule has 0 radical (unpaired) electrons. The Labute approximate surface area is 144 Å². The number of carbonyl (C=O) groups is 1. The summed E-state index contributed by atoms with van der Waals surface area (Å²) < 4.78 is 7.02. The fourth-order valence-electron chi connectivity index (χ4n) is 1.87. The summed E-state index contributed by atoms with van der Waals surface area (Å²) in [7, 11) is 1.54. The molecule has 0 fully saturated rings. The molecular formula is C15H19ClN4O2S. The number of hydrogen-bond donors (Lipinski definition) is 1. The van der Waals surface area contributed by atoms with Crippen LogP contribution in [0.2, 0.25) is 5.02 Å². The minimum absolute atomic E-state index is 0.130. The molecule has 0 spiro atoms. The van der Waals surface area contributed by atoms with Gasteiger partial charge in [0.2, 0.25) is 5.91 Å². The van der Waals surface area contributed by atoms with E-state index in [1.807, 2.05) is 25.3 Å². The van der Waals surface area contributed by atoms with E-state index in [-0.39, 0.29) is 17.2 Å². The smallest absolute Gasteiger partial charge is 0.237 e. The van der Waals surface area contributed by atoms with Crippen molar-refractivity contribution in [2.24, 2.45) is 0 Å². The van der Waals surface area contributed by atoms with Gasteiger partial charge in [-0.05, 0) is 39.0 Å². The van der Waals surface area contributed by atoms with Gasteiger partial charge in [-0.3, -0.25) is 4.79 Å². The molecule has 1 aromatic heterocycles. The zero-order valence-corrected chi connectivity index (χ0v) is 15.0. The predicted molar refractivity (Wildman–Crippen MR) is 92.4 cm³/mol. The van der Waals surface area contributed by atoms with Crippen LogP contribution >= 0.6 is 23.4 Å². The van der Waals surface area contributed by atoms with Crippen molar-refractivity contribution in [2.45, 2.75) is 37.2 Å². The number of nitrogens with zero attached hydrogens (tertiary/aromatic N) is 3. The molecule has 0 aliphatic rings. The molecule has 0 bridgehead atoms. The molecule has 2 aromatic rings. The number of hydrogen-bond acceptors (Lipinski definition) is 5. The number of carbonyl (C=O) groups excluding carboxylic acids is 1. The lowest BCUT2D eigenvalue weighted by Gasteiger charge is -2.14. The molecule has 0 aliphatic carbocycles. The number of amides is 1. The number of rotatable bonds is 6. The van der Waals surface area contributed by atoms with E-state index in [4.69, 9.17) is 16.3 Å². The van der Waals surface area contributed by atoms with E-state index in [1.54, 1.807) is 31.6 Å². The zero-order chi connectivity index (χ0) is 17.0. The van der Waals surface area contributed by atoms with Crippen molar-refractivity contribution in [1.29, 1.82) is 0 Å². The molecule has 1 heterocycles. The third-order valence-corrected chi connectivity index (χ3v) is 4.53. The summed E-state index contributed by atoms with van der Waals surface area (Å²) in [5, 5.41) is 11.6. The van der Waals surface area contributed by atoms with E-state index in [1.165, 1.54) is 11.8 Å². The Morgan fingerprint density at radius 2 is 2.13 bits per heavy atom. The van der Waals surface area contributed by atoms with Crippen LogP contribution in [0.1, 0.15) is 26.8 Å². The summed E-state index contributed by atoms with van der Waals surface area (Å²) in [5.74, 6) is 0.437. The Morgan fingerprint density at radius 1 is 1.39 bits per heavy atom. The van der Waals surface area contributed by atoms with Gasteiger partial charge in [0.15, 0.2) is 5.16 Å². The first-order valence-corrected chi connectivity index (χ1v) is 8.38. The molecule has 0 aliphatic heterocycles. The normalized spacial score (nSPS) is 12.3. The first-order chi connectivity index (χ1) is 10.9. The van der Waals surface area contributed by atoms with Gasteiger partial charge < -0.3 is 14.6 Å². The van der Waals surface area contributed by atoms with E-state index in [0.29, 0.717) is 16.5 Å². The van der Waals surface area contributed by atoms with Gasteiger partial charge in [-0.15, -0.1) is 10.2 Å². The highest BCUT2D eigenvalue weighted by atomic mass is 35.5. The standard InChI is InChI=1S/C15H19ClN4O2S/c1-9(2)20-8-17-19-15(20)23-10(3)14(21)18-11-5-6-13(22-4)12(16)7-11/h5-10H,1-4H3,(H,18,21)/t10-/m0/s1. The van der Waals surface area contributed by atoms with Crippen LogP contribution in [-0.4, -0.2) is 33.0 Å². The minimum Gasteiger partial charge on any atom is -0.495 e. The Balaban J connectivity index is 2.02. The molecule has 1 amide bonds. The second kappa shape index (κ2) is 7.70. The molecule has 124 valence electrons. The number of methoxy groups -OCH3 is 1. The van der Waals surface area contributed by atoms with E-state index in [0.717, 1.165) is 5.16 Å². The van der Waals surface area contributed by atoms with Crippen LogP contribution in [0.25, 0.3) is 0 Å². The summed E-state index contributed by atoms with van der Waals surface area (Å²) in [4.78, 5) is 12.3. The Hall–Kier alpha value is -1.73. The molecule has 0 unspecified atom stereocenters. The fourth-order valence-corrected chi connectivity index (χ4v) is 3.08. The van der Waals surface area contributed by atoms with Crippen LogP contribution in [0, 0.1) is 0 Å². The second-order valence-electron chi connectivity index (χ2n) is 5.21. The van der Waals surface area contributed by atoms with Gasteiger partial charge in [0.05, 0.1) is 17.4 Å². The summed E-state index contributed by atoms with van der Waals surface area (Å²) >= 11 is 7.42. The summed E-state index contributed by atoms with van der Waals surface area (Å²) in [6, 6.07) is 5.36. The number of halogens is 1. The maximum atomic E-state index is 12.3. The highest BCUT2D eigenvalue weighted by Gasteiger charge is 2.19. The molecule has 0 saturated carbocycles. The average Bonchev–Trinajstić information content (AvgIpc) is 2.95. The Bertz CT molecular complexity index is 690. The third kappa shape index (κ3) is 4.39. The maximum Gasteiger partial charge on any atom is 0.237 e. The lowest BCUT2D eigenvalue weighted by Crippen LogP contribution is -2.23. The van der Waals surface area contributed by atoms with Crippen molar-refractivity contribution in [1.82, 2.24) is 14.8 Å². The highest BCUT2D eigenvalue weighted by molar-refractivity contribution is 8.00.